The number of rotatable bonds is 3. The van der Waals surface area contributed by atoms with Crippen molar-refractivity contribution in [3.63, 3.8) is 0 Å². The Labute approximate surface area is 73.4 Å². The molecular weight excluding hydrogens is 148 g/mol. The van der Waals surface area contributed by atoms with E-state index in [0.717, 1.165) is 17.5 Å². The van der Waals surface area contributed by atoms with Gasteiger partial charge in [-0.3, -0.25) is 0 Å². The number of aryl methyl sites for hydroxylation is 1. The van der Waals surface area contributed by atoms with Crippen LogP contribution >= 0.6 is 0 Å². The summed E-state index contributed by atoms with van der Waals surface area (Å²) in [5.41, 5.74) is 3.38. The van der Waals surface area contributed by atoms with Crippen LogP contribution in [0.25, 0.3) is 6.08 Å². The molecule has 1 rings (SSSR count). The summed E-state index contributed by atoms with van der Waals surface area (Å²) in [5, 5.41) is 8.90. The highest BCUT2D eigenvalue weighted by atomic mass is 16.3. The Balaban J connectivity index is 3.10. The molecule has 0 atom stereocenters. The largest absolute Gasteiger partial charge is 0.392 e. The lowest BCUT2D eigenvalue weighted by atomic mass is 10.0. The van der Waals surface area contributed by atoms with E-state index in [-0.39, 0.29) is 6.61 Å². The highest BCUT2D eigenvalue weighted by molar-refractivity contribution is 5.52. The van der Waals surface area contributed by atoms with Crippen molar-refractivity contribution in [3.8, 4) is 0 Å². The van der Waals surface area contributed by atoms with Crippen LogP contribution in [0, 0.1) is 0 Å². The van der Waals surface area contributed by atoms with Gasteiger partial charge in [-0.15, -0.1) is 0 Å². The number of aliphatic hydroxyl groups excluding tert-OH is 1. The lowest BCUT2D eigenvalue weighted by Crippen LogP contribution is -1.90. The van der Waals surface area contributed by atoms with Crippen LogP contribution in [0.15, 0.2) is 24.8 Å². The number of aliphatic hydroxyl groups is 1. The van der Waals surface area contributed by atoms with Gasteiger partial charge in [0.1, 0.15) is 0 Å². The number of hydrogen-bond acceptors (Lipinski definition) is 1. The number of benzene rings is 1. The fourth-order valence-electron chi connectivity index (χ4n) is 1.26. The molecule has 1 nitrogen and oxygen atoms in total. The second-order valence-electron chi connectivity index (χ2n) is 2.75. The zero-order valence-electron chi connectivity index (χ0n) is 7.38. The molecule has 0 unspecified atom stereocenters. The van der Waals surface area contributed by atoms with Crippen molar-refractivity contribution < 1.29 is 5.11 Å². The van der Waals surface area contributed by atoms with Gasteiger partial charge < -0.3 is 5.11 Å². The van der Waals surface area contributed by atoms with Crippen molar-refractivity contribution in [1.82, 2.24) is 0 Å². The molecule has 1 heteroatoms. The van der Waals surface area contributed by atoms with E-state index in [2.05, 4.69) is 13.5 Å². The molecule has 0 bridgehead atoms. The molecule has 0 aliphatic heterocycles. The van der Waals surface area contributed by atoms with E-state index in [1.54, 1.807) is 0 Å². The molecule has 1 aromatic rings. The van der Waals surface area contributed by atoms with E-state index in [4.69, 9.17) is 5.11 Å². The zero-order chi connectivity index (χ0) is 8.97. The predicted octanol–water partition coefficient (Wildman–Crippen LogP) is 2.38. The molecule has 0 aliphatic carbocycles. The summed E-state index contributed by atoms with van der Waals surface area (Å²) >= 11 is 0. The van der Waals surface area contributed by atoms with E-state index < -0.39 is 0 Å². The Kier molecular flexibility index (Phi) is 3.06. The lowest BCUT2D eigenvalue weighted by molar-refractivity contribution is 0.281. The van der Waals surface area contributed by atoms with Crippen molar-refractivity contribution in [2.75, 3.05) is 0 Å². The Morgan fingerprint density at radius 2 is 2.25 bits per heavy atom. The second-order valence-corrected chi connectivity index (χ2v) is 2.75. The fourth-order valence-corrected chi connectivity index (χ4v) is 1.26. The molecule has 1 N–H and O–H groups in total. The highest BCUT2D eigenvalue weighted by Gasteiger charge is 1.97. The Morgan fingerprint density at radius 1 is 1.50 bits per heavy atom. The van der Waals surface area contributed by atoms with Gasteiger partial charge in [0.15, 0.2) is 0 Å². The fraction of sp³-hybridized carbons (Fsp3) is 0.273. The van der Waals surface area contributed by atoms with E-state index >= 15 is 0 Å². The van der Waals surface area contributed by atoms with Crippen molar-refractivity contribution in [2.24, 2.45) is 0 Å². The van der Waals surface area contributed by atoms with Crippen LogP contribution in [0.1, 0.15) is 23.6 Å². The van der Waals surface area contributed by atoms with E-state index in [0.29, 0.717) is 0 Å². The molecule has 0 amide bonds. The minimum Gasteiger partial charge on any atom is -0.392 e. The summed E-state index contributed by atoms with van der Waals surface area (Å²) in [6, 6.07) is 5.95. The maximum Gasteiger partial charge on any atom is 0.0681 e. The summed E-state index contributed by atoms with van der Waals surface area (Å²) in [7, 11) is 0. The minimum absolute atomic E-state index is 0.115. The summed E-state index contributed by atoms with van der Waals surface area (Å²) in [4.78, 5) is 0. The molecule has 12 heavy (non-hydrogen) atoms. The van der Waals surface area contributed by atoms with Gasteiger partial charge in [0, 0.05) is 0 Å². The first-order valence-corrected chi connectivity index (χ1v) is 4.17. The van der Waals surface area contributed by atoms with Crippen LogP contribution < -0.4 is 0 Å². The summed E-state index contributed by atoms with van der Waals surface area (Å²) in [6.07, 6.45) is 2.83. The molecule has 0 aliphatic rings. The smallest absolute Gasteiger partial charge is 0.0681 e. The Morgan fingerprint density at radius 3 is 2.75 bits per heavy atom. The van der Waals surface area contributed by atoms with Crippen molar-refractivity contribution in [1.29, 1.82) is 0 Å². The predicted molar refractivity (Wildman–Crippen MR) is 51.8 cm³/mol. The highest BCUT2D eigenvalue weighted by Crippen LogP contribution is 2.13. The molecule has 64 valence electrons. The van der Waals surface area contributed by atoms with Crippen LogP contribution in [-0.4, -0.2) is 5.11 Å². The average molecular weight is 162 g/mol. The average Bonchev–Trinajstić information content (AvgIpc) is 2.16. The third-order valence-corrected chi connectivity index (χ3v) is 1.99. The van der Waals surface area contributed by atoms with Gasteiger partial charge in [0.25, 0.3) is 0 Å². The van der Waals surface area contributed by atoms with Gasteiger partial charge in [-0.1, -0.05) is 37.8 Å². The van der Waals surface area contributed by atoms with Gasteiger partial charge >= 0.3 is 0 Å². The van der Waals surface area contributed by atoms with E-state index in [1.807, 2.05) is 24.3 Å². The molecule has 0 fully saturated rings. The Bertz CT molecular complexity index is 276. The molecular formula is C11H14O. The molecule has 0 spiro atoms. The third kappa shape index (κ3) is 1.74. The van der Waals surface area contributed by atoms with Gasteiger partial charge in [0.05, 0.1) is 6.61 Å². The quantitative estimate of drug-likeness (QED) is 0.723. The SMILES string of the molecule is C=Cc1ccc(CO)cc1CC. The van der Waals surface area contributed by atoms with Crippen molar-refractivity contribution >= 4 is 6.08 Å². The van der Waals surface area contributed by atoms with Gasteiger partial charge in [-0.2, -0.15) is 0 Å². The van der Waals surface area contributed by atoms with Crippen LogP contribution in [0.2, 0.25) is 0 Å². The van der Waals surface area contributed by atoms with E-state index in [1.165, 1.54) is 5.56 Å². The molecule has 0 saturated carbocycles. The van der Waals surface area contributed by atoms with Crippen LogP contribution in [0.5, 0.6) is 0 Å². The van der Waals surface area contributed by atoms with Crippen molar-refractivity contribution in [3.05, 3.63) is 41.5 Å². The van der Waals surface area contributed by atoms with Gasteiger partial charge in [-0.05, 0) is 23.1 Å². The minimum atomic E-state index is 0.115. The van der Waals surface area contributed by atoms with Crippen LogP contribution in [-0.2, 0) is 13.0 Å². The second kappa shape index (κ2) is 4.07. The summed E-state index contributed by atoms with van der Waals surface area (Å²) < 4.78 is 0. The number of hydrogen-bond donors (Lipinski definition) is 1. The van der Waals surface area contributed by atoms with Crippen LogP contribution in [0.3, 0.4) is 0 Å². The van der Waals surface area contributed by atoms with Gasteiger partial charge in [0.2, 0.25) is 0 Å². The third-order valence-electron chi connectivity index (χ3n) is 1.99. The molecule has 0 saturated heterocycles. The first-order chi connectivity index (χ1) is 5.81. The normalized spacial score (nSPS) is 9.83. The monoisotopic (exact) mass is 162 g/mol. The van der Waals surface area contributed by atoms with Crippen LogP contribution in [0.4, 0.5) is 0 Å². The van der Waals surface area contributed by atoms with E-state index in [9.17, 15) is 0 Å². The molecule has 0 heterocycles. The molecule has 0 radical (unpaired) electrons. The molecule has 0 aromatic heterocycles. The maximum absolute atomic E-state index is 8.90. The summed E-state index contributed by atoms with van der Waals surface area (Å²) in [5.74, 6) is 0. The van der Waals surface area contributed by atoms with Gasteiger partial charge in [-0.25, -0.2) is 0 Å². The molecule has 1 aromatic carbocycles. The summed E-state index contributed by atoms with van der Waals surface area (Å²) in [6.45, 7) is 5.95. The lowest BCUT2D eigenvalue weighted by Gasteiger charge is -2.04. The first-order valence-electron chi connectivity index (χ1n) is 4.17. The van der Waals surface area contributed by atoms with Crippen molar-refractivity contribution in [2.45, 2.75) is 20.0 Å². The topological polar surface area (TPSA) is 20.2 Å². The zero-order valence-corrected chi connectivity index (χ0v) is 7.38. The maximum atomic E-state index is 8.90. The standard InChI is InChI=1S/C11H14O/c1-3-10-6-5-9(8-12)7-11(10)4-2/h3,5-7,12H,1,4,8H2,2H3. The Hall–Kier alpha value is -1.08. The first kappa shape index (κ1) is 9.01.